The molecule has 1 unspecified atom stereocenters. The predicted octanol–water partition coefficient (Wildman–Crippen LogP) is 5.91. The van der Waals surface area contributed by atoms with Crippen molar-refractivity contribution in [2.75, 3.05) is 0 Å². The van der Waals surface area contributed by atoms with Gasteiger partial charge in [-0.2, -0.15) is 0 Å². The van der Waals surface area contributed by atoms with Crippen molar-refractivity contribution >= 4 is 17.7 Å². The number of phenols is 1. The van der Waals surface area contributed by atoms with Crippen LogP contribution in [0.2, 0.25) is 0 Å². The van der Waals surface area contributed by atoms with E-state index in [1.807, 2.05) is 42.5 Å². The van der Waals surface area contributed by atoms with E-state index in [4.69, 9.17) is 0 Å². The summed E-state index contributed by atoms with van der Waals surface area (Å²) in [6.45, 7) is 12.3. The lowest BCUT2D eigenvalue weighted by Crippen LogP contribution is -2.17. The largest absolute Gasteiger partial charge is 0.507 e. The Hall–Kier alpha value is -1.94. The van der Waals surface area contributed by atoms with E-state index in [2.05, 4.69) is 41.5 Å². The topological polar surface area (TPSA) is 57.5 Å². The molecule has 0 saturated carbocycles. The minimum absolute atomic E-state index is 0.244. The van der Waals surface area contributed by atoms with E-state index >= 15 is 0 Å². The molecule has 0 saturated heterocycles. The molecule has 0 radical (unpaired) electrons. The van der Waals surface area contributed by atoms with Crippen molar-refractivity contribution in [3.05, 3.63) is 59.2 Å². The van der Waals surface area contributed by atoms with Crippen molar-refractivity contribution in [1.29, 1.82) is 0 Å². The summed E-state index contributed by atoms with van der Waals surface area (Å²) in [6.07, 6.45) is 0. The smallest absolute Gasteiger partial charge is 0.321 e. The Morgan fingerprint density at radius 3 is 1.77 bits per heavy atom. The van der Waals surface area contributed by atoms with Crippen molar-refractivity contribution in [3.63, 3.8) is 0 Å². The highest BCUT2D eigenvalue weighted by atomic mass is 32.2. The number of carboxylic acids is 1. The molecule has 0 heterocycles. The second-order valence-corrected chi connectivity index (χ2v) is 9.79. The normalized spacial score (nSPS) is 13.5. The van der Waals surface area contributed by atoms with Crippen LogP contribution in [0.1, 0.15) is 63.5 Å². The summed E-state index contributed by atoms with van der Waals surface area (Å²) < 4.78 is 0. The second kappa shape index (κ2) is 7.36. The van der Waals surface area contributed by atoms with E-state index in [0.717, 1.165) is 21.6 Å². The van der Waals surface area contributed by atoms with Crippen LogP contribution >= 0.6 is 11.8 Å². The van der Waals surface area contributed by atoms with Gasteiger partial charge in [0.15, 0.2) is 0 Å². The molecule has 0 aromatic heterocycles. The van der Waals surface area contributed by atoms with E-state index in [9.17, 15) is 15.0 Å². The van der Waals surface area contributed by atoms with Gasteiger partial charge in [0.2, 0.25) is 0 Å². The van der Waals surface area contributed by atoms with Gasteiger partial charge >= 0.3 is 5.97 Å². The molecule has 2 rings (SSSR count). The summed E-state index contributed by atoms with van der Waals surface area (Å²) in [5.41, 5.74) is 1.94. The predicted molar refractivity (Wildman–Crippen MR) is 108 cm³/mol. The minimum atomic E-state index is -0.871. The first-order valence-electron chi connectivity index (χ1n) is 8.73. The van der Waals surface area contributed by atoms with Crippen LogP contribution in [-0.2, 0) is 15.6 Å². The van der Waals surface area contributed by atoms with Gasteiger partial charge in [0.1, 0.15) is 11.0 Å². The summed E-state index contributed by atoms with van der Waals surface area (Å²) in [7, 11) is 0. The molecule has 0 fully saturated rings. The number of thioether (sulfide) groups is 1. The standard InChI is InChI=1S/C22H28O3S/c1-21(2,3)16-12-15(13-17(18(16)23)22(4,5)6)26-19(20(24)25)14-10-8-7-9-11-14/h7-13,19,23H,1-6H3,(H,24,25). The first-order chi connectivity index (χ1) is 11.9. The third-order valence-electron chi connectivity index (χ3n) is 4.28. The fourth-order valence-corrected chi connectivity index (χ4v) is 3.88. The molecule has 0 amide bonds. The molecule has 3 nitrogen and oxygen atoms in total. The Labute approximate surface area is 160 Å². The Morgan fingerprint density at radius 1 is 0.923 bits per heavy atom. The number of rotatable bonds is 4. The molecule has 2 aromatic carbocycles. The molecule has 0 aliphatic carbocycles. The average Bonchev–Trinajstić information content (AvgIpc) is 2.52. The van der Waals surface area contributed by atoms with Gasteiger partial charge in [0.05, 0.1) is 0 Å². The Morgan fingerprint density at radius 2 is 1.38 bits per heavy atom. The van der Waals surface area contributed by atoms with Crippen LogP contribution in [0.25, 0.3) is 0 Å². The summed E-state index contributed by atoms with van der Waals surface area (Å²) >= 11 is 1.31. The monoisotopic (exact) mass is 372 g/mol. The number of aromatic hydroxyl groups is 1. The van der Waals surface area contributed by atoms with Gasteiger partial charge in [0.25, 0.3) is 0 Å². The Kier molecular flexibility index (Phi) is 5.76. The van der Waals surface area contributed by atoms with Crippen molar-refractivity contribution in [2.24, 2.45) is 0 Å². The highest BCUT2D eigenvalue weighted by molar-refractivity contribution is 8.00. The van der Waals surface area contributed by atoms with Gasteiger partial charge in [-0.05, 0) is 28.5 Å². The van der Waals surface area contributed by atoms with Crippen LogP contribution in [0.3, 0.4) is 0 Å². The summed E-state index contributed by atoms with van der Waals surface area (Å²) in [6, 6.07) is 13.1. The third kappa shape index (κ3) is 4.61. The fourth-order valence-electron chi connectivity index (χ4n) is 2.84. The van der Waals surface area contributed by atoms with Crippen molar-refractivity contribution in [1.82, 2.24) is 0 Å². The first-order valence-corrected chi connectivity index (χ1v) is 9.61. The lowest BCUT2D eigenvalue weighted by molar-refractivity contribution is -0.136. The highest BCUT2D eigenvalue weighted by Crippen LogP contribution is 2.44. The maximum atomic E-state index is 11.9. The first kappa shape index (κ1) is 20.4. The molecular weight excluding hydrogens is 344 g/mol. The molecule has 0 aliphatic heterocycles. The van der Waals surface area contributed by atoms with Crippen molar-refractivity contribution in [2.45, 2.75) is 62.5 Å². The van der Waals surface area contributed by atoms with E-state index in [0.29, 0.717) is 5.75 Å². The van der Waals surface area contributed by atoms with E-state index in [-0.39, 0.29) is 10.8 Å². The maximum absolute atomic E-state index is 11.9. The fraction of sp³-hybridized carbons (Fsp3) is 0.409. The summed E-state index contributed by atoms with van der Waals surface area (Å²) in [5.74, 6) is -0.565. The zero-order valence-corrected chi connectivity index (χ0v) is 17.1. The van der Waals surface area contributed by atoms with Crippen molar-refractivity contribution < 1.29 is 15.0 Å². The van der Waals surface area contributed by atoms with E-state index in [1.54, 1.807) is 0 Å². The Bertz CT molecular complexity index is 748. The SMILES string of the molecule is CC(C)(C)c1cc(SC(C(=O)O)c2ccccc2)cc(C(C)(C)C)c1O. The minimum Gasteiger partial charge on any atom is -0.507 e. The third-order valence-corrected chi connectivity index (χ3v) is 5.50. The average molecular weight is 373 g/mol. The number of hydrogen-bond donors (Lipinski definition) is 2. The summed E-state index contributed by atoms with van der Waals surface area (Å²) in [5, 5.41) is 19.9. The zero-order chi connectivity index (χ0) is 19.7. The molecule has 1 atom stereocenters. The van der Waals surface area contributed by atoms with Gasteiger partial charge in [-0.15, -0.1) is 11.8 Å². The number of benzene rings is 2. The maximum Gasteiger partial charge on any atom is 0.321 e. The van der Waals surface area contributed by atoms with E-state index in [1.165, 1.54) is 11.8 Å². The van der Waals surface area contributed by atoms with Crippen LogP contribution < -0.4 is 0 Å². The molecule has 26 heavy (non-hydrogen) atoms. The van der Waals surface area contributed by atoms with Gasteiger partial charge < -0.3 is 10.2 Å². The molecule has 0 bridgehead atoms. The quantitative estimate of drug-likeness (QED) is 0.656. The van der Waals surface area contributed by atoms with Gasteiger partial charge in [-0.1, -0.05) is 71.9 Å². The Balaban J connectivity index is 2.56. The van der Waals surface area contributed by atoms with Crippen LogP contribution in [0.4, 0.5) is 0 Å². The lowest BCUT2D eigenvalue weighted by atomic mass is 9.79. The lowest BCUT2D eigenvalue weighted by Gasteiger charge is -2.28. The molecule has 140 valence electrons. The van der Waals surface area contributed by atoms with E-state index < -0.39 is 11.2 Å². The molecule has 2 aromatic rings. The van der Waals surface area contributed by atoms with Crippen LogP contribution in [0, 0.1) is 0 Å². The molecule has 4 heteroatoms. The molecule has 0 spiro atoms. The van der Waals surface area contributed by atoms with Crippen molar-refractivity contribution in [3.8, 4) is 5.75 Å². The molecule has 0 aliphatic rings. The molecule has 2 N–H and O–H groups in total. The highest BCUT2D eigenvalue weighted by Gasteiger charge is 2.28. The van der Waals surface area contributed by atoms with Gasteiger partial charge in [-0.3, -0.25) is 4.79 Å². The zero-order valence-electron chi connectivity index (χ0n) is 16.3. The van der Waals surface area contributed by atoms with Gasteiger partial charge in [-0.25, -0.2) is 0 Å². The second-order valence-electron chi connectivity index (χ2n) is 8.61. The number of hydrogen-bond acceptors (Lipinski definition) is 3. The number of carboxylic acid groups (broad SMARTS) is 1. The number of carbonyl (C=O) groups is 1. The number of phenolic OH excluding ortho intramolecular Hbond substituents is 1. The molecular formula is C22H28O3S. The van der Waals surface area contributed by atoms with Crippen LogP contribution in [0.5, 0.6) is 5.75 Å². The van der Waals surface area contributed by atoms with Crippen LogP contribution in [0.15, 0.2) is 47.4 Å². The summed E-state index contributed by atoms with van der Waals surface area (Å²) in [4.78, 5) is 12.7. The van der Waals surface area contributed by atoms with Crippen LogP contribution in [-0.4, -0.2) is 16.2 Å². The van der Waals surface area contributed by atoms with Gasteiger partial charge in [0, 0.05) is 16.0 Å². The number of aliphatic carboxylic acids is 1.